The van der Waals surface area contributed by atoms with Gasteiger partial charge in [0.15, 0.2) is 0 Å². The molecule has 5 nitrogen and oxygen atoms in total. The predicted molar refractivity (Wildman–Crippen MR) is 65.7 cm³/mol. The summed E-state index contributed by atoms with van der Waals surface area (Å²) in [7, 11) is 0. The molecule has 0 saturated heterocycles. The lowest BCUT2D eigenvalue weighted by Gasteiger charge is -2.04. The van der Waals surface area contributed by atoms with Gasteiger partial charge in [0.2, 0.25) is 0 Å². The first-order chi connectivity index (χ1) is 8.06. The minimum atomic E-state index is -0.364. The predicted octanol–water partition coefficient (Wildman–Crippen LogP) is 1.70. The van der Waals surface area contributed by atoms with Crippen LogP contribution in [0.4, 0.5) is 5.69 Å². The highest BCUT2D eigenvalue weighted by Gasteiger charge is 2.13. The van der Waals surface area contributed by atoms with Crippen molar-refractivity contribution >= 4 is 22.9 Å². The molecule has 1 heterocycles. The van der Waals surface area contributed by atoms with Crippen molar-refractivity contribution in [1.82, 2.24) is 4.98 Å². The Bertz CT molecular complexity index is 615. The van der Waals surface area contributed by atoms with Gasteiger partial charge in [-0.1, -0.05) is 17.4 Å². The van der Waals surface area contributed by atoms with Crippen LogP contribution in [0.15, 0.2) is 29.1 Å². The third-order valence-electron chi connectivity index (χ3n) is 2.14. The molecule has 0 spiro atoms. The van der Waals surface area contributed by atoms with Crippen LogP contribution in [-0.4, -0.2) is 16.0 Å². The second kappa shape index (κ2) is 4.42. The summed E-state index contributed by atoms with van der Waals surface area (Å²) in [6.07, 6.45) is 0. The Kier molecular flexibility index (Phi) is 2.97. The van der Waals surface area contributed by atoms with Gasteiger partial charge in [-0.3, -0.25) is 9.59 Å². The van der Waals surface area contributed by atoms with Crippen molar-refractivity contribution in [3.8, 4) is 5.75 Å². The van der Waals surface area contributed by atoms with E-state index in [9.17, 15) is 14.7 Å². The maximum absolute atomic E-state index is 11.8. The van der Waals surface area contributed by atoms with Crippen molar-refractivity contribution in [3.05, 3.63) is 44.5 Å². The first-order valence-corrected chi connectivity index (χ1v) is 5.68. The van der Waals surface area contributed by atoms with Gasteiger partial charge in [0.25, 0.3) is 5.91 Å². The Morgan fingerprint density at radius 2 is 2.24 bits per heavy atom. The molecular formula is C11H10N2O3S. The highest BCUT2D eigenvalue weighted by Crippen LogP contribution is 2.17. The van der Waals surface area contributed by atoms with E-state index in [1.165, 1.54) is 12.1 Å². The van der Waals surface area contributed by atoms with Gasteiger partial charge in [0, 0.05) is 17.4 Å². The van der Waals surface area contributed by atoms with Crippen LogP contribution in [0.25, 0.3) is 0 Å². The molecule has 1 amide bonds. The van der Waals surface area contributed by atoms with Gasteiger partial charge in [-0.05, 0) is 19.1 Å². The molecule has 1 aromatic heterocycles. The molecule has 0 aliphatic carbocycles. The van der Waals surface area contributed by atoms with Crippen molar-refractivity contribution in [1.29, 1.82) is 0 Å². The zero-order valence-corrected chi connectivity index (χ0v) is 9.80. The molecule has 0 atom stereocenters. The Morgan fingerprint density at radius 1 is 1.47 bits per heavy atom. The molecule has 0 saturated carbocycles. The summed E-state index contributed by atoms with van der Waals surface area (Å²) < 4.78 is 0. The fraction of sp³-hybridized carbons (Fsp3) is 0.0909. The van der Waals surface area contributed by atoms with E-state index >= 15 is 0 Å². The molecule has 0 aliphatic heterocycles. The van der Waals surface area contributed by atoms with Crippen LogP contribution in [0, 0.1) is 6.92 Å². The second-order valence-electron chi connectivity index (χ2n) is 3.47. The largest absolute Gasteiger partial charge is 0.508 e. The molecule has 88 valence electrons. The molecule has 0 fully saturated rings. The zero-order chi connectivity index (χ0) is 12.4. The van der Waals surface area contributed by atoms with E-state index in [2.05, 4.69) is 10.3 Å². The SMILES string of the molecule is Cc1[nH]c(=O)sc1C(=O)Nc1cccc(O)c1. The standard InChI is InChI=1S/C11H10N2O3S/c1-6-9(17-11(16)12-6)10(15)13-7-3-2-4-8(14)5-7/h2-5,14H,1H3,(H,12,16)(H,13,15). The molecular weight excluding hydrogens is 240 g/mol. The van der Waals surface area contributed by atoms with Crippen molar-refractivity contribution in [2.45, 2.75) is 6.92 Å². The van der Waals surface area contributed by atoms with Crippen LogP contribution in [-0.2, 0) is 0 Å². The second-order valence-corrected chi connectivity index (χ2v) is 4.46. The van der Waals surface area contributed by atoms with Crippen molar-refractivity contribution in [2.75, 3.05) is 5.32 Å². The van der Waals surface area contributed by atoms with Gasteiger partial charge < -0.3 is 15.4 Å². The number of phenolic OH excluding ortho intramolecular Hbond substituents is 1. The van der Waals surface area contributed by atoms with Crippen LogP contribution in [0.1, 0.15) is 15.4 Å². The van der Waals surface area contributed by atoms with Crippen LogP contribution in [0.3, 0.4) is 0 Å². The molecule has 0 radical (unpaired) electrons. The van der Waals surface area contributed by atoms with Gasteiger partial charge in [0.1, 0.15) is 10.6 Å². The Labute approximate surface area is 101 Å². The number of carbonyl (C=O) groups is 1. The number of hydrogen-bond acceptors (Lipinski definition) is 4. The molecule has 0 aliphatic rings. The molecule has 6 heteroatoms. The number of rotatable bonds is 2. The molecule has 2 rings (SSSR count). The van der Waals surface area contributed by atoms with Crippen molar-refractivity contribution in [2.24, 2.45) is 0 Å². The number of hydrogen-bond donors (Lipinski definition) is 3. The fourth-order valence-electron chi connectivity index (χ4n) is 1.39. The number of carbonyl (C=O) groups excluding carboxylic acids is 1. The summed E-state index contributed by atoms with van der Waals surface area (Å²) >= 11 is 0.860. The van der Waals surface area contributed by atoms with Gasteiger partial charge in [0.05, 0.1) is 0 Å². The number of nitrogens with one attached hydrogen (secondary N) is 2. The molecule has 17 heavy (non-hydrogen) atoms. The number of aromatic hydroxyl groups is 1. The van der Waals surface area contributed by atoms with Crippen LogP contribution in [0.2, 0.25) is 0 Å². The fourth-order valence-corrected chi connectivity index (χ4v) is 2.13. The lowest BCUT2D eigenvalue weighted by Crippen LogP contribution is -2.11. The van der Waals surface area contributed by atoms with Gasteiger partial charge in [-0.15, -0.1) is 0 Å². The quantitative estimate of drug-likeness (QED) is 0.758. The Hall–Kier alpha value is -2.08. The number of aromatic amines is 1. The average molecular weight is 250 g/mol. The number of anilines is 1. The number of phenols is 1. The van der Waals surface area contributed by atoms with E-state index in [-0.39, 0.29) is 16.5 Å². The van der Waals surface area contributed by atoms with Crippen LogP contribution in [0.5, 0.6) is 5.75 Å². The summed E-state index contributed by atoms with van der Waals surface area (Å²) in [5, 5.41) is 11.9. The number of thiazole rings is 1. The maximum atomic E-state index is 11.8. The highest BCUT2D eigenvalue weighted by molar-refractivity contribution is 7.11. The third kappa shape index (κ3) is 2.54. The number of aromatic nitrogens is 1. The van der Waals surface area contributed by atoms with E-state index in [1.807, 2.05) is 0 Å². The number of amides is 1. The molecule has 2 aromatic rings. The van der Waals surface area contributed by atoms with Crippen LogP contribution >= 0.6 is 11.3 Å². The topological polar surface area (TPSA) is 82.2 Å². The average Bonchev–Trinajstić information content (AvgIpc) is 2.58. The van der Waals surface area contributed by atoms with E-state index in [0.29, 0.717) is 16.3 Å². The molecule has 0 bridgehead atoms. The van der Waals surface area contributed by atoms with E-state index in [1.54, 1.807) is 19.1 Å². The number of aryl methyl sites for hydroxylation is 1. The zero-order valence-electron chi connectivity index (χ0n) is 8.98. The minimum absolute atomic E-state index is 0.0711. The molecule has 3 N–H and O–H groups in total. The number of H-pyrrole nitrogens is 1. The normalized spacial score (nSPS) is 10.2. The van der Waals surface area contributed by atoms with Crippen LogP contribution < -0.4 is 10.2 Å². The monoisotopic (exact) mass is 250 g/mol. The van der Waals surface area contributed by atoms with Gasteiger partial charge in [-0.25, -0.2) is 0 Å². The first kappa shape index (κ1) is 11.4. The van der Waals surface area contributed by atoms with Gasteiger partial charge in [-0.2, -0.15) is 0 Å². The third-order valence-corrected chi connectivity index (χ3v) is 3.12. The number of benzene rings is 1. The van der Waals surface area contributed by atoms with E-state index in [4.69, 9.17) is 0 Å². The smallest absolute Gasteiger partial charge is 0.305 e. The minimum Gasteiger partial charge on any atom is -0.508 e. The Morgan fingerprint density at radius 3 is 2.82 bits per heavy atom. The summed E-state index contributed by atoms with van der Waals surface area (Å²) in [4.78, 5) is 25.5. The van der Waals surface area contributed by atoms with E-state index < -0.39 is 0 Å². The highest BCUT2D eigenvalue weighted by atomic mass is 32.1. The lowest BCUT2D eigenvalue weighted by molar-refractivity contribution is 0.103. The summed E-state index contributed by atoms with van der Waals surface area (Å²) in [6, 6.07) is 6.22. The summed E-state index contributed by atoms with van der Waals surface area (Å²) in [6.45, 7) is 1.66. The first-order valence-electron chi connectivity index (χ1n) is 4.86. The molecule has 0 unspecified atom stereocenters. The summed E-state index contributed by atoms with van der Waals surface area (Å²) in [5.74, 6) is -0.293. The van der Waals surface area contributed by atoms with Gasteiger partial charge >= 0.3 is 4.87 Å². The molecule has 1 aromatic carbocycles. The summed E-state index contributed by atoms with van der Waals surface area (Å²) in [5.41, 5.74) is 1.02. The van der Waals surface area contributed by atoms with Crippen molar-refractivity contribution in [3.63, 3.8) is 0 Å². The maximum Gasteiger partial charge on any atom is 0.305 e. The van der Waals surface area contributed by atoms with E-state index in [0.717, 1.165) is 11.3 Å². The lowest BCUT2D eigenvalue weighted by atomic mass is 10.3. The Balaban J connectivity index is 2.23. The van der Waals surface area contributed by atoms with Crippen molar-refractivity contribution < 1.29 is 9.90 Å².